The van der Waals surface area contributed by atoms with Crippen LogP contribution in [0, 0.1) is 0 Å². The molecule has 0 aliphatic carbocycles. The number of furan rings is 2. The van der Waals surface area contributed by atoms with Crippen LogP contribution in [0.2, 0.25) is 0 Å². The van der Waals surface area contributed by atoms with Gasteiger partial charge in [-0.2, -0.15) is 0 Å². The van der Waals surface area contributed by atoms with Crippen LogP contribution in [-0.4, -0.2) is 9.13 Å². The van der Waals surface area contributed by atoms with E-state index < -0.39 is 0 Å². The smallest absolute Gasteiger partial charge is 0.143 e. The summed E-state index contributed by atoms with van der Waals surface area (Å²) in [5.74, 6) is 0. The summed E-state index contributed by atoms with van der Waals surface area (Å²) in [7, 11) is 0. The lowest BCUT2D eigenvalue weighted by atomic mass is 9.98. The van der Waals surface area contributed by atoms with Crippen molar-refractivity contribution in [1.29, 1.82) is 0 Å². The van der Waals surface area contributed by atoms with E-state index in [9.17, 15) is 0 Å². The van der Waals surface area contributed by atoms with Gasteiger partial charge in [0.25, 0.3) is 0 Å². The molecule has 0 spiro atoms. The maximum Gasteiger partial charge on any atom is 0.143 e. The molecule has 0 bridgehead atoms. The van der Waals surface area contributed by atoms with Crippen molar-refractivity contribution in [2.45, 2.75) is 0 Å². The maximum absolute atomic E-state index is 6.46. The van der Waals surface area contributed by atoms with Gasteiger partial charge in [0, 0.05) is 60.0 Å². The molecule has 0 N–H and O–H groups in total. The van der Waals surface area contributed by atoms with E-state index in [0.29, 0.717) is 0 Å². The Bertz CT molecular complexity index is 4200. The minimum Gasteiger partial charge on any atom is -0.456 e. The van der Waals surface area contributed by atoms with Crippen LogP contribution >= 0.6 is 0 Å². The van der Waals surface area contributed by atoms with Gasteiger partial charge in [0.05, 0.1) is 22.1 Å². The Balaban J connectivity index is 0.868. The molecule has 4 heteroatoms. The zero-order chi connectivity index (χ0) is 41.9. The number of hydrogen-bond donors (Lipinski definition) is 0. The zero-order valence-corrected chi connectivity index (χ0v) is 34.5. The molecule has 14 aromatic rings. The van der Waals surface area contributed by atoms with Crippen LogP contribution in [0.5, 0.6) is 0 Å². The second-order valence-electron chi connectivity index (χ2n) is 16.9. The lowest BCUT2D eigenvalue weighted by Gasteiger charge is -2.11. The van der Waals surface area contributed by atoms with E-state index in [1.807, 2.05) is 12.1 Å². The molecule has 298 valence electrons. The number of nitrogens with zero attached hydrogens (tertiary/aromatic N) is 2. The van der Waals surface area contributed by atoms with E-state index in [-0.39, 0.29) is 0 Å². The van der Waals surface area contributed by atoms with E-state index >= 15 is 0 Å². The van der Waals surface area contributed by atoms with Crippen molar-refractivity contribution in [1.82, 2.24) is 9.13 Å². The number of para-hydroxylation sites is 5. The van der Waals surface area contributed by atoms with Crippen LogP contribution in [-0.2, 0) is 0 Å². The number of benzene rings is 10. The molecule has 10 aromatic carbocycles. The molecule has 4 nitrogen and oxygen atoms in total. The third-order valence-electron chi connectivity index (χ3n) is 13.3. The summed E-state index contributed by atoms with van der Waals surface area (Å²) in [6.07, 6.45) is 0. The summed E-state index contributed by atoms with van der Waals surface area (Å²) in [5, 5.41) is 9.39. The van der Waals surface area contributed by atoms with Crippen molar-refractivity contribution in [2.75, 3.05) is 0 Å². The summed E-state index contributed by atoms with van der Waals surface area (Å²) >= 11 is 0. The molecular weight excluding hydrogens is 781 g/mol. The third kappa shape index (κ3) is 5.17. The predicted molar refractivity (Wildman–Crippen MR) is 266 cm³/mol. The minimum absolute atomic E-state index is 0.883. The Hall–Kier alpha value is -8.60. The zero-order valence-electron chi connectivity index (χ0n) is 34.5. The van der Waals surface area contributed by atoms with Crippen LogP contribution in [0.1, 0.15) is 0 Å². The van der Waals surface area contributed by atoms with Crippen LogP contribution in [0.3, 0.4) is 0 Å². The number of hydrogen-bond acceptors (Lipinski definition) is 2. The monoisotopic (exact) mass is 816 g/mol. The minimum atomic E-state index is 0.883. The van der Waals surface area contributed by atoms with Crippen molar-refractivity contribution >= 4 is 87.5 Å². The van der Waals surface area contributed by atoms with Gasteiger partial charge in [0.1, 0.15) is 22.3 Å². The van der Waals surface area contributed by atoms with Gasteiger partial charge in [-0.15, -0.1) is 0 Å². The SMILES string of the molecule is c1ccc(-n2c3ccccc3c3cc(-c4ccc5oc6ccc(-c7ccc8c(c7)c7ccccc7n8-c7cccc(-c8cccc9c8oc8ccccc89)c7)cc6c5c4)ccc32)cc1. The van der Waals surface area contributed by atoms with E-state index in [2.05, 4.69) is 215 Å². The van der Waals surface area contributed by atoms with Gasteiger partial charge in [-0.05, 0) is 119 Å². The van der Waals surface area contributed by atoms with Gasteiger partial charge in [-0.1, -0.05) is 127 Å². The first kappa shape index (κ1) is 35.0. The van der Waals surface area contributed by atoms with Crippen LogP contribution in [0.4, 0.5) is 0 Å². The Kier molecular flexibility index (Phi) is 7.36. The molecule has 0 saturated heterocycles. The summed E-state index contributed by atoms with van der Waals surface area (Å²) in [6.45, 7) is 0. The second-order valence-corrected chi connectivity index (χ2v) is 16.9. The Morgan fingerprint density at radius 1 is 0.250 bits per heavy atom. The Morgan fingerprint density at radius 2 is 0.719 bits per heavy atom. The van der Waals surface area contributed by atoms with Crippen molar-refractivity contribution in [3.05, 3.63) is 218 Å². The number of rotatable bonds is 5. The van der Waals surface area contributed by atoms with Crippen LogP contribution in [0.15, 0.2) is 227 Å². The standard InChI is InChI=1S/C60H36N2O2/c1-2-13-42(14-3-1)61-53-21-7-4-16-45(53)49-33-37(24-28-55(49)61)39-26-30-58-51(35-39)52-36-40(27-31-59(52)63-58)38-25-29-56-50(34-38)46-17-5-8-22-54(46)62(56)43-15-10-12-41(32-43)44-19-11-20-48-47-18-6-9-23-57(47)64-60(44)48/h1-36H. The fourth-order valence-corrected chi connectivity index (χ4v) is 10.4. The average molecular weight is 817 g/mol. The molecule has 0 fully saturated rings. The highest BCUT2D eigenvalue weighted by Crippen LogP contribution is 2.41. The Morgan fingerprint density at radius 3 is 1.38 bits per heavy atom. The normalized spacial score (nSPS) is 12.1. The van der Waals surface area contributed by atoms with Crippen molar-refractivity contribution in [2.24, 2.45) is 0 Å². The molecule has 14 rings (SSSR count). The van der Waals surface area contributed by atoms with Crippen molar-refractivity contribution < 1.29 is 8.83 Å². The van der Waals surface area contributed by atoms with Gasteiger partial charge >= 0.3 is 0 Å². The molecule has 0 saturated carbocycles. The second kappa shape index (κ2) is 13.4. The maximum atomic E-state index is 6.46. The summed E-state index contributed by atoms with van der Waals surface area (Å²) in [5.41, 5.74) is 17.4. The lowest BCUT2D eigenvalue weighted by molar-refractivity contribution is 0.669. The summed E-state index contributed by atoms with van der Waals surface area (Å²) in [6, 6.07) is 78.5. The van der Waals surface area contributed by atoms with Crippen LogP contribution < -0.4 is 0 Å². The average Bonchev–Trinajstić information content (AvgIpc) is 4.11. The molecular formula is C60H36N2O2. The number of fused-ring (bicyclic) bond motifs is 12. The molecule has 0 aliphatic heterocycles. The third-order valence-corrected chi connectivity index (χ3v) is 13.3. The largest absolute Gasteiger partial charge is 0.456 e. The molecule has 0 unspecified atom stereocenters. The lowest BCUT2D eigenvalue weighted by Crippen LogP contribution is -1.94. The quantitative estimate of drug-likeness (QED) is 0.173. The molecule has 0 aliphatic rings. The molecule has 4 heterocycles. The van der Waals surface area contributed by atoms with Crippen molar-refractivity contribution in [3.63, 3.8) is 0 Å². The molecule has 0 radical (unpaired) electrons. The van der Waals surface area contributed by atoms with Gasteiger partial charge in [-0.25, -0.2) is 0 Å². The van der Waals surface area contributed by atoms with E-state index in [4.69, 9.17) is 8.83 Å². The highest BCUT2D eigenvalue weighted by atomic mass is 16.3. The first-order valence-corrected chi connectivity index (χ1v) is 21.8. The number of aromatic nitrogens is 2. The van der Waals surface area contributed by atoms with Crippen LogP contribution in [0.25, 0.3) is 132 Å². The first-order chi connectivity index (χ1) is 31.7. The van der Waals surface area contributed by atoms with Gasteiger partial charge in [0.2, 0.25) is 0 Å². The topological polar surface area (TPSA) is 36.1 Å². The van der Waals surface area contributed by atoms with Gasteiger partial charge in [-0.3, -0.25) is 0 Å². The fourth-order valence-electron chi connectivity index (χ4n) is 10.4. The molecule has 0 amide bonds. The first-order valence-electron chi connectivity index (χ1n) is 21.8. The molecule has 0 atom stereocenters. The highest BCUT2D eigenvalue weighted by molar-refractivity contribution is 6.14. The van der Waals surface area contributed by atoms with E-state index in [1.54, 1.807) is 0 Å². The molecule has 64 heavy (non-hydrogen) atoms. The van der Waals surface area contributed by atoms with Gasteiger partial charge in [0.15, 0.2) is 0 Å². The fraction of sp³-hybridized carbons (Fsp3) is 0. The summed E-state index contributed by atoms with van der Waals surface area (Å²) < 4.78 is 17.7. The predicted octanol–water partition coefficient (Wildman–Crippen LogP) is 16.7. The summed E-state index contributed by atoms with van der Waals surface area (Å²) in [4.78, 5) is 0. The van der Waals surface area contributed by atoms with Crippen molar-refractivity contribution in [3.8, 4) is 44.8 Å². The van der Waals surface area contributed by atoms with E-state index in [1.165, 1.54) is 43.7 Å². The highest BCUT2D eigenvalue weighted by Gasteiger charge is 2.18. The molecule has 4 aromatic heterocycles. The van der Waals surface area contributed by atoms with E-state index in [0.717, 1.165) is 88.6 Å². The van der Waals surface area contributed by atoms with Gasteiger partial charge < -0.3 is 18.0 Å². The Labute approximate surface area is 367 Å².